The maximum absolute atomic E-state index is 12.7. The molecule has 0 radical (unpaired) electrons. The minimum Gasteiger partial charge on any atom is -0.465 e. The minimum absolute atomic E-state index is 0.155. The minimum atomic E-state index is -0.357. The molecule has 0 aromatic heterocycles. The first-order valence-corrected chi connectivity index (χ1v) is 13.0. The highest BCUT2D eigenvalue weighted by Crippen LogP contribution is 2.24. The fourth-order valence-corrected chi connectivity index (χ4v) is 4.58. The van der Waals surface area contributed by atoms with Gasteiger partial charge in [0.15, 0.2) is 0 Å². The molecule has 1 amide bonds. The van der Waals surface area contributed by atoms with E-state index in [-0.39, 0.29) is 18.0 Å². The summed E-state index contributed by atoms with van der Waals surface area (Å²) < 4.78 is 11.1. The lowest BCUT2D eigenvalue weighted by Crippen LogP contribution is -2.49. The monoisotopic (exact) mass is 520 g/mol. The van der Waals surface area contributed by atoms with Crippen LogP contribution in [0.1, 0.15) is 39.6 Å². The summed E-state index contributed by atoms with van der Waals surface area (Å²) in [5.74, 6) is -0.145. The third-order valence-electron chi connectivity index (χ3n) is 6.69. The third kappa shape index (κ3) is 7.89. The number of halogens is 1. The van der Waals surface area contributed by atoms with E-state index in [0.717, 1.165) is 43.7 Å². The van der Waals surface area contributed by atoms with E-state index in [4.69, 9.17) is 21.1 Å². The van der Waals surface area contributed by atoms with Crippen molar-refractivity contribution in [1.82, 2.24) is 9.80 Å². The molecule has 4 rings (SSSR count). The number of piperazine rings is 1. The Labute approximate surface area is 223 Å². The predicted molar refractivity (Wildman–Crippen MR) is 145 cm³/mol. The average Bonchev–Trinajstić information content (AvgIpc) is 2.95. The second-order valence-electron chi connectivity index (χ2n) is 9.21. The van der Waals surface area contributed by atoms with E-state index in [1.807, 2.05) is 59.5 Å². The van der Waals surface area contributed by atoms with Crippen LogP contribution in [0.15, 0.2) is 78.9 Å². The Hall–Kier alpha value is -3.19. The SMILES string of the molecule is COC(=O)c1ccc(COC(CN2CCN(C(=O)CCc3ccccc3)CC2)c2ccc(Cl)cc2)cc1. The van der Waals surface area contributed by atoms with Gasteiger partial charge in [-0.1, -0.05) is 66.2 Å². The fraction of sp³-hybridized carbons (Fsp3) is 0.333. The number of nitrogens with zero attached hydrogens (tertiary/aromatic N) is 2. The van der Waals surface area contributed by atoms with Crippen LogP contribution in [0.5, 0.6) is 0 Å². The second kappa shape index (κ2) is 13.4. The normalized spacial score (nSPS) is 14.8. The Morgan fingerprint density at radius 3 is 2.19 bits per heavy atom. The van der Waals surface area contributed by atoms with Crippen molar-refractivity contribution in [3.05, 3.63) is 106 Å². The molecular formula is C30H33ClN2O4. The Balaban J connectivity index is 1.32. The molecule has 0 N–H and O–H groups in total. The van der Waals surface area contributed by atoms with Crippen LogP contribution in [-0.4, -0.2) is 61.5 Å². The molecule has 194 valence electrons. The number of hydrogen-bond acceptors (Lipinski definition) is 5. The van der Waals surface area contributed by atoms with Crippen LogP contribution in [0.4, 0.5) is 0 Å². The van der Waals surface area contributed by atoms with Gasteiger partial charge in [-0.2, -0.15) is 0 Å². The third-order valence-corrected chi connectivity index (χ3v) is 6.94. The number of amides is 1. The van der Waals surface area contributed by atoms with Crippen molar-refractivity contribution in [2.75, 3.05) is 39.8 Å². The number of hydrogen-bond donors (Lipinski definition) is 0. The van der Waals surface area contributed by atoms with Crippen LogP contribution in [-0.2, 0) is 27.3 Å². The topological polar surface area (TPSA) is 59.1 Å². The average molecular weight is 521 g/mol. The number of carbonyl (C=O) groups is 2. The summed E-state index contributed by atoms with van der Waals surface area (Å²) in [5.41, 5.74) is 3.73. The number of carbonyl (C=O) groups excluding carboxylic acids is 2. The number of aryl methyl sites for hydroxylation is 1. The summed E-state index contributed by atoms with van der Waals surface area (Å²) in [4.78, 5) is 28.8. The Morgan fingerprint density at radius 1 is 0.865 bits per heavy atom. The highest BCUT2D eigenvalue weighted by molar-refractivity contribution is 6.30. The van der Waals surface area contributed by atoms with Gasteiger partial charge in [-0.25, -0.2) is 4.79 Å². The first-order valence-electron chi connectivity index (χ1n) is 12.6. The summed E-state index contributed by atoms with van der Waals surface area (Å²) in [6.45, 7) is 4.17. The molecule has 0 saturated carbocycles. The molecule has 0 aliphatic carbocycles. The Morgan fingerprint density at radius 2 is 1.54 bits per heavy atom. The molecule has 3 aromatic rings. The van der Waals surface area contributed by atoms with E-state index in [9.17, 15) is 9.59 Å². The maximum atomic E-state index is 12.7. The van der Waals surface area contributed by atoms with E-state index >= 15 is 0 Å². The number of esters is 1. The number of ether oxygens (including phenoxy) is 2. The molecular weight excluding hydrogens is 488 g/mol. The van der Waals surface area contributed by atoms with Gasteiger partial charge in [-0.05, 0) is 47.4 Å². The van der Waals surface area contributed by atoms with Crippen LogP contribution in [0.2, 0.25) is 5.02 Å². The summed E-state index contributed by atoms with van der Waals surface area (Å²) >= 11 is 6.12. The van der Waals surface area contributed by atoms with Crippen LogP contribution in [0.25, 0.3) is 0 Å². The van der Waals surface area contributed by atoms with Gasteiger partial charge in [-0.3, -0.25) is 9.69 Å². The molecule has 1 aliphatic heterocycles. The second-order valence-corrected chi connectivity index (χ2v) is 9.64. The predicted octanol–water partition coefficient (Wildman–Crippen LogP) is 5.16. The van der Waals surface area contributed by atoms with E-state index in [1.165, 1.54) is 12.7 Å². The van der Waals surface area contributed by atoms with Gasteiger partial charge >= 0.3 is 5.97 Å². The van der Waals surface area contributed by atoms with E-state index in [2.05, 4.69) is 17.0 Å². The first-order chi connectivity index (χ1) is 18.0. The lowest BCUT2D eigenvalue weighted by atomic mass is 10.1. The summed E-state index contributed by atoms with van der Waals surface area (Å²) in [6, 6.07) is 25.1. The van der Waals surface area contributed by atoms with Crippen LogP contribution in [0.3, 0.4) is 0 Å². The van der Waals surface area contributed by atoms with Crippen molar-refractivity contribution in [3.8, 4) is 0 Å². The molecule has 3 aromatic carbocycles. The lowest BCUT2D eigenvalue weighted by molar-refractivity contribution is -0.133. The molecule has 1 heterocycles. The lowest BCUT2D eigenvalue weighted by Gasteiger charge is -2.36. The van der Waals surface area contributed by atoms with Crippen LogP contribution in [0, 0.1) is 0 Å². The summed E-state index contributed by atoms with van der Waals surface area (Å²) in [6.07, 6.45) is 1.15. The van der Waals surface area contributed by atoms with E-state index < -0.39 is 0 Å². The molecule has 0 bridgehead atoms. The Kier molecular flexibility index (Phi) is 9.71. The molecule has 7 heteroatoms. The van der Waals surface area contributed by atoms with Gasteiger partial charge < -0.3 is 14.4 Å². The fourth-order valence-electron chi connectivity index (χ4n) is 4.45. The van der Waals surface area contributed by atoms with Gasteiger partial charge in [0, 0.05) is 44.2 Å². The van der Waals surface area contributed by atoms with Crippen molar-refractivity contribution in [3.63, 3.8) is 0 Å². The number of rotatable bonds is 10. The van der Waals surface area contributed by atoms with E-state index in [1.54, 1.807) is 12.1 Å². The molecule has 1 aliphatic rings. The smallest absolute Gasteiger partial charge is 0.337 e. The molecule has 1 unspecified atom stereocenters. The highest BCUT2D eigenvalue weighted by atomic mass is 35.5. The van der Waals surface area contributed by atoms with Crippen molar-refractivity contribution in [2.45, 2.75) is 25.6 Å². The van der Waals surface area contributed by atoms with Crippen molar-refractivity contribution in [2.24, 2.45) is 0 Å². The first kappa shape index (κ1) is 26.9. The Bertz CT molecular complexity index is 1140. The summed E-state index contributed by atoms with van der Waals surface area (Å²) in [7, 11) is 1.37. The number of benzene rings is 3. The van der Waals surface area contributed by atoms with E-state index in [0.29, 0.717) is 30.2 Å². The van der Waals surface area contributed by atoms with Gasteiger partial charge in [0.25, 0.3) is 0 Å². The number of methoxy groups -OCH3 is 1. The molecule has 0 spiro atoms. The van der Waals surface area contributed by atoms with Crippen LogP contribution < -0.4 is 0 Å². The molecule has 1 fully saturated rings. The standard InChI is InChI=1S/C30H33ClN2O4/c1-36-30(35)26-10-7-24(8-11-26)22-37-28(25-12-14-27(31)15-13-25)21-32-17-19-33(20-18-32)29(34)16-9-23-5-3-2-4-6-23/h2-8,10-15,28H,9,16-22H2,1H3. The van der Waals surface area contributed by atoms with Gasteiger partial charge in [0.2, 0.25) is 5.91 Å². The van der Waals surface area contributed by atoms with Crippen molar-refractivity contribution >= 4 is 23.5 Å². The zero-order valence-corrected chi connectivity index (χ0v) is 21.9. The van der Waals surface area contributed by atoms with Crippen LogP contribution >= 0.6 is 11.6 Å². The molecule has 37 heavy (non-hydrogen) atoms. The van der Waals surface area contributed by atoms with Gasteiger partial charge in [0.1, 0.15) is 0 Å². The van der Waals surface area contributed by atoms with Crippen molar-refractivity contribution < 1.29 is 19.1 Å². The molecule has 1 saturated heterocycles. The summed E-state index contributed by atoms with van der Waals surface area (Å²) in [5, 5.41) is 0.684. The van der Waals surface area contributed by atoms with Gasteiger partial charge in [0.05, 0.1) is 25.4 Å². The molecule has 1 atom stereocenters. The zero-order valence-electron chi connectivity index (χ0n) is 21.1. The molecule has 6 nitrogen and oxygen atoms in total. The van der Waals surface area contributed by atoms with Crippen molar-refractivity contribution in [1.29, 1.82) is 0 Å². The maximum Gasteiger partial charge on any atom is 0.337 e. The largest absolute Gasteiger partial charge is 0.465 e. The van der Waals surface area contributed by atoms with Gasteiger partial charge in [-0.15, -0.1) is 0 Å². The quantitative estimate of drug-likeness (QED) is 0.345. The highest BCUT2D eigenvalue weighted by Gasteiger charge is 2.24. The zero-order chi connectivity index (χ0) is 26.0.